The van der Waals surface area contributed by atoms with Gasteiger partial charge in [-0.25, -0.2) is 0 Å². The van der Waals surface area contributed by atoms with Gasteiger partial charge in [-0.05, 0) is 0 Å². The molecule has 0 aliphatic carbocycles. The fourth-order valence-electron chi connectivity index (χ4n) is 0.375. The maximum atomic E-state index is 10.6. The SMILES string of the molecule is O=S(=O)(O)CS(=O)(=O)OCCCl.[Na+]. The van der Waals surface area contributed by atoms with E-state index in [9.17, 15) is 16.8 Å². The molecule has 74 valence electrons. The van der Waals surface area contributed by atoms with Gasteiger partial charge in [0.1, 0.15) is 0 Å². The Morgan fingerprint density at radius 1 is 1.23 bits per heavy atom. The summed E-state index contributed by atoms with van der Waals surface area (Å²) >= 11 is 5.08. The molecule has 13 heavy (non-hydrogen) atoms. The van der Waals surface area contributed by atoms with E-state index in [0.29, 0.717) is 0 Å². The van der Waals surface area contributed by atoms with Crippen LogP contribution in [0.3, 0.4) is 0 Å². The quantitative estimate of drug-likeness (QED) is 0.238. The van der Waals surface area contributed by atoms with Gasteiger partial charge in [0.2, 0.25) is 5.08 Å². The van der Waals surface area contributed by atoms with Crippen LogP contribution in [-0.2, 0) is 24.4 Å². The van der Waals surface area contributed by atoms with Gasteiger partial charge in [-0.1, -0.05) is 0 Å². The van der Waals surface area contributed by atoms with Crippen LogP contribution in [0.4, 0.5) is 0 Å². The predicted molar refractivity (Wildman–Crippen MR) is 42.0 cm³/mol. The van der Waals surface area contributed by atoms with Gasteiger partial charge in [-0.2, -0.15) is 16.8 Å². The Labute approximate surface area is 104 Å². The molecule has 0 saturated carbocycles. The van der Waals surface area contributed by atoms with Gasteiger partial charge < -0.3 is 0 Å². The summed E-state index contributed by atoms with van der Waals surface area (Å²) in [4.78, 5) is 0. The minimum Gasteiger partial charge on any atom is -0.285 e. The molecular formula is C3H7ClNaO6S2+. The van der Waals surface area contributed by atoms with Crippen LogP contribution in [-0.4, -0.2) is 39.0 Å². The molecule has 6 nitrogen and oxygen atoms in total. The molecule has 0 aromatic heterocycles. The van der Waals surface area contributed by atoms with Crippen LogP contribution in [0.5, 0.6) is 0 Å². The van der Waals surface area contributed by atoms with Gasteiger partial charge in [-0.3, -0.25) is 8.74 Å². The third-order valence-electron chi connectivity index (χ3n) is 0.633. The molecule has 0 fully saturated rings. The zero-order chi connectivity index (χ0) is 9.83. The van der Waals surface area contributed by atoms with Crippen molar-refractivity contribution in [1.29, 1.82) is 0 Å². The number of hydrogen-bond acceptors (Lipinski definition) is 5. The van der Waals surface area contributed by atoms with Crippen LogP contribution < -0.4 is 29.6 Å². The maximum Gasteiger partial charge on any atom is 1.00 e. The molecule has 0 saturated heterocycles. The fraction of sp³-hybridized carbons (Fsp3) is 1.00. The smallest absolute Gasteiger partial charge is 0.285 e. The van der Waals surface area contributed by atoms with Crippen LogP contribution in [0.15, 0.2) is 0 Å². The first-order valence-corrected chi connectivity index (χ1v) is 6.37. The van der Waals surface area contributed by atoms with Crippen molar-refractivity contribution < 1.29 is 55.1 Å². The van der Waals surface area contributed by atoms with Crippen LogP contribution in [0, 0.1) is 0 Å². The molecule has 0 atom stereocenters. The molecule has 0 rings (SSSR count). The van der Waals surface area contributed by atoms with E-state index in [1.54, 1.807) is 0 Å². The van der Waals surface area contributed by atoms with Crippen molar-refractivity contribution in [2.75, 3.05) is 17.6 Å². The minimum atomic E-state index is -4.57. The zero-order valence-electron chi connectivity index (χ0n) is 6.80. The third kappa shape index (κ3) is 11.0. The first-order valence-electron chi connectivity index (χ1n) is 2.65. The summed E-state index contributed by atoms with van der Waals surface area (Å²) in [7, 11) is -8.79. The molecule has 0 aromatic carbocycles. The Morgan fingerprint density at radius 2 is 1.69 bits per heavy atom. The van der Waals surface area contributed by atoms with Gasteiger partial charge >= 0.3 is 29.6 Å². The molecule has 0 amide bonds. The van der Waals surface area contributed by atoms with Crippen molar-refractivity contribution in [1.82, 2.24) is 0 Å². The molecule has 0 bridgehead atoms. The van der Waals surface area contributed by atoms with E-state index >= 15 is 0 Å². The molecule has 1 N–H and O–H groups in total. The summed E-state index contributed by atoms with van der Waals surface area (Å²) in [6, 6.07) is 0. The first kappa shape index (κ1) is 16.5. The van der Waals surface area contributed by atoms with E-state index < -0.39 is 25.3 Å². The van der Waals surface area contributed by atoms with Crippen molar-refractivity contribution in [2.45, 2.75) is 0 Å². The summed E-state index contributed by atoms with van der Waals surface area (Å²) in [5.41, 5.74) is 0. The van der Waals surface area contributed by atoms with E-state index in [1.807, 2.05) is 0 Å². The minimum absolute atomic E-state index is 0. The Bertz CT molecular complexity index is 320. The molecule has 10 heteroatoms. The van der Waals surface area contributed by atoms with Gasteiger partial charge in [-0.15, -0.1) is 11.6 Å². The first-order chi connectivity index (χ1) is 5.27. The van der Waals surface area contributed by atoms with Gasteiger partial charge in [0.25, 0.3) is 20.2 Å². The van der Waals surface area contributed by atoms with Crippen LogP contribution in [0.2, 0.25) is 0 Å². The number of alkyl halides is 1. The van der Waals surface area contributed by atoms with Crippen molar-refractivity contribution in [3.8, 4) is 0 Å². The summed E-state index contributed by atoms with van der Waals surface area (Å²) < 4.78 is 53.5. The Hall–Kier alpha value is 1.11. The summed E-state index contributed by atoms with van der Waals surface area (Å²) in [6.45, 7) is -0.320. The average Bonchev–Trinajstić information content (AvgIpc) is 1.78. The van der Waals surface area contributed by atoms with Crippen molar-refractivity contribution in [3.05, 3.63) is 0 Å². The third-order valence-corrected chi connectivity index (χ3v) is 3.66. The number of halogens is 1. The van der Waals surface area contributed by atoms with Crippen LogP contribution in [0.1, 0.15) is 0 Å². The molecule has 0 spiro atoms. The summed E-state index contributed by atoms with van der Waals surface area (Å²) in [5.74, 6) is -0.0787. The summed E-state index contributed by atoms with van der Waals surface area (Å²) in [6.07, 6.45) is 0. The molecule has 0 aromatic rings. The second-order valence-corrected chi connectivity index (χ2v) is 5.60. The molecular weight excluding hydrogens is 255 g/mol. The predicted octanol–water partition coefficient (Wildman–Crippen LogP) is -3.58. The molecule has 0 heterocycles. The summed E-state index contributed by atoms with van der Waals surface area (Å²) in [5, 5.41) is -1.45. The van der Waals surface area contributed by atoms with Crippen LogP contribution >= 0.6 is 11.6 Å². The van der Waals surface area contributed by atoms with Crippen molar-refractivity contribution in [2.24, 2.45) is 0 Å². The van der Waals surface area contributed by atoms with Crippen molar-refractivity contribution >= 4 is 31.8 Å². The molecule has 0 aliphatic heterocycles. The van der Waals surface area contributed by atoms with E-state index in [1.165, 1.54) is 0 Å². The fourth-order valence-corrected chi connectivity index (χ4v) is 2.61. The average molecular weight is 262 g/mol. The monoisotopic (exact) mass is 261 g/mol. The van der Waals surface area contributed by atoms with E-state index in [-0.39, 0.29) is 42.0 Å². The molecule has 0 unspecified atom stereocenters. The normalized spacial score (nSPS) is 12.2. The Morgan fingerprint density at radius 3 is 2.00 bits per heavy atom. The van der Waals surface area contributed by atoms with E-state index in [4.69, 9.17) is 16.2 Å². The molecule has 0 radical (unpaired) electrons. The Balaban J connectivity index is 0. The number of rotatable bonds is 5. The standard InChI is InChI=1S/C3H7ClO6S2.Na/c4-1-2-10-12(8,9)3-11(5,6)7;/h1-3H2,(H,5,6,7);/q;+1. The largest absolute Gasteiger partial charge is 1.00 e. The van der Waals surface area contributed by atoms with Gasteiger partial charge in [0.05, 0.1) is 6.61 Å². The van der Waals surface area contributed by atoms with Crippen molar-refractivity contribution in [3.63, 3.8) is 0 Å². The van der Waals surface area contributed by atoms with Gasteiger partial charge in [0, 0.05) is 5.88 Å². The number of hydrogen-bond donors (Lipinski definition) is 1. The zero-order valence-corrected chi connectivity index (χ0v) is 11.2. The second-order valence-electron chi connectivity index (χ2n) is 1.77. The Kier molecular flexibility index (Phi) is 8.35. The van der Waals surface area contributed by atoms with E-state index in [2.05, 4.69) is 4.18 Å². The van der Waals surface area contributed by atoms with Gasteiger partial charge in [0.15, 0.2) is 0 Å². The molecule has 0 aliphatic rings. The van der Waals surface area contributed by atoms with Crippen LogP contribution in [0.25, 0.3) is 0 Å². The van der Waals surface area contributed by atoms with E-state index in [0.717, 1.165) is 0 Å². The topological polar surface area (TPSA) is 97.7 Å². The second kappa shape index (κ2) is 6.57. The maximum absolute atomic E-state index is 10.6.